The molecule has 0 bridgehead atoms. The summed E-state index contributed by atoms with van der Waals surface area (Å²) in [6.07, 6.45) is 39.5. The van der Waals surface area contributed by atoms with E-state index >= 15 is 0 Å². The SMILES string of the molecule is CCCCCCCCCCC1(C2(C(=O)O)CCCCC2)CCC(CCCCCCCC)(C2CCCCC2)CC1. The molecule has 0 saturated heterocycles. The standard InChI is InChI=1S/C37H68O2/c1-3-5-7-9-11-12-14-20-26-36(37(34(38)39)27-21-16-22-28-37)31-29-35(30-32-36,33-23-17-15-18-24-33)25-19-13-10-8-6-4-2/h33H,3-32H2,1-2H3,(H,38,39). The lowest BCUT2D eigenvalue weighted by atomic mass is 9.46. The fraction of sp³-hybridized carbons (Fsp3) is 0.973. The third-order valence-corrected chi connectivity index (χ3v) is 12.3. The van der Waals surface area contributed by atoms with Crippen molar-refractivity contribution in [1.29, 1.82) is 0 Å². The largest absolute Gasteiger partial charge is 0.481 e. The number of aliphatic carboxylic acids is 1. The number of rotatable bonds is 19. The van der Waals surface area contributed by atoms with Crippen molar-refractivity contribution in [2.45, 2.75) is 206 Å². The van der Waals surface area contributed by atoms with Gasteiger partial charge in [0, 0.05) is 0 Å². The van der Waals surface area contributed by atoms with E-state index in [1.807, 2.05) is 0 Å². The van der Waals surface area contributed by atoms with E-state index in [9.17, 15) is 9.90 Å². The Morgan fingerprint density at radius 1 is 0.564 bits per heavy atom. The molecule has 0 amide bonds. The van der Waals surface area contributed by atoms with E-state index in [2.05, 4.69) is 13.8 Å². The predicted molar refractivity (Wildman–Crippen MR) is 168 cm³/mol. The van der Waals surface area contributed by atoms with E-state index in [1.54, 1.807) is 0 Å². The number of hydrogen-bond donors (Lipinski definition) is 1. The van der Waals surface area contributed by atoms with E-state index in [4.69, 9.17) is 0 Å². The van der Waals surface area contributed by atoms with Gasteiger partial charge in [-0.3, -0.25) is 4.79 Å². The second-order valence-corrected chi connectivity index (χ2v) is 14.7. The molecule has 0 aromatic rings. The molecule has 3 rings (SSSR count). The molecule has 3 saturated carbocycles. The Bertz CT molecular complexity index is 646. The Morgan fingerprint density at radius 3 is 1.54 bits per heavy atom. The Labute approximate surface area is 244 Å². The second kappa shape index (κ2) is 17.4. The minimum Gasteiger partial charge on any atom is -0.481 e. The van der Waals surface area contributed by atoms with Crippen LogP contribution in [0.1, 0.15) is 206 Å². The second-order valence-electron chi connectivity index (χ2n) is 14.7. The highest BCUT2D eigenvalue weighted by Gasteiger charge is 2.59. The zero-order valence-electron chi connectivity index (χ0n) is 26.6. The molecule has 0 aromatic heterocycles. The van der Waals surface area contributed by atoms with Crippen LogP contribution in [0, 0.1) is 22.2 Å². The highest BCUT2D eigenvalue weighted by atomic mass is 16.4. The van der Waals surface area contributed by atoms with E-state index in [-0.39, 0.29) is 5.41 Å². The normalized spacial score (nSPS) is 27.9. The Kier molecular flexibility index (Phi) is 14.7. The van der Waals surface area contributed by atoms with Crippen molar-refractivity contribution in [3.05, 3.63) is 0 Å². The van der Waals surface area contributed by atoms with Crippen molar-refractivity contribution in [2.24, 2.45) is 22.2 Å². The molecule has 0 aliphatic heterocycles. The number of carboxylic acid groups (broad SMARTS) is 1. The molecule has 228 valence electrons. The topological polar surface area (TPSA) is 37.3 Å². The smallest absolute Gasteiger partial charge is 0.310 e. The molecular weight excluding hydrogens is 476 g/mol. The third-order valence-electron chi connectivity index (χ3n) is 12.3. The van der Waals surface area contributed by atoms with Gasteiger partial charge in [-0.15, -0.1) is 0 Å². The maximum Gasteiger partial charge on any atom is 0.310 e. The lowest BCUT2D eigenvalue weighted by molar-refractivity contribution is -0.171. The first kappa shape index (κ1) is 33.0. The van der Waals surface area contributed by atoms with Gasteiger partial charge in [-0.25, -0.2) is 0 Å². The van der Waals surface area contributed by atoms with Crippen molar-refractivity contribution in [3.63, 3.8) is 0 Å². The molecule has 2 nitrogen and oxygen atoms in total. The van der Waals surface area contributed by atoms with Gasteiger partial charge in [-0.1, -0.05) is 142 Å². The molecular formula is C37H68O2. The highest BCUT2D eigenvalue weighted by molar-refractivity contribution is 5.76. The lowest BCUT2D eigenvalue weighted by Gasteiger charge is -2.58. The molecule has 0 heterocycles. The summed E-state index contributed by atoms with van der Waals surface area (Å²) < 4.78 is 0. The van der Waals surface area contributed by atoms with Crippen LogP contribution in [-0.2, 0) is 4.79 Å². The minimum atomic E-state index is -0.439. The van der Waals surface area contributed by atoms with Crippen LogP contribution in [-0.4, -0.2) is 11.1 Å². The van der Waals surface area contributed by atoms with Gasteiger partial charge in [0.1, 0.15) is 0 Å². The number of carboxylic acids is 1. The molecule has 0 aromatic carbocycles. The lowest BCUT2D eigenvalue weighted by Crippen LogP contribution is -2.53. The zero-order chi connectivity index (χ0) is 27.9. The van der Waals surface area contributed by atoms with Gasteiger partial charge < -0.3 is 5.11 Å². The molecule has 3 aliphatic carbocycles. The van der Waals surface area contributed by atoms with E-state index < -0.39 is 11.4 Å². The third kappa shape index (κ3) is 8.98. The summed E-state index contributed by atoms with van der Waals surface area (Å²) in [5.41, 5.74) is 0.133. The van der Waals surface area contributed by atoms with E-state index in [0.717, 1.165) is 31.6 Å². The zero-order valence-corrected chi connectivity index (χ0v) is 26.6. The van der Waals surface area contributed by atoms with Crippen LogP contribution in [0.25, 0.3) is 0 Å². The highest BCUT2D eigenvalue weighted by Crippen LogP contribution is 2.64. The Hall–Kier alpha value is -0.530. The van der Waals surface area contributed by atoms with Crippen LogP contribution >= 0.6 is 0 Å². The van der Waals surface area contributed by atoms with Crippen LogP contribution in [0.3, 0.4) is 0 Å². The van der Waals surface area contributed by atoms with Gasteiger partial charge in [0.05, 0.1) is 5.41 Å². The summed E-state index contributed by atoms with van der Waals surface area (Å²) in [5, 5.41) is 10.9. The van der Waals surface area contributed by atoms with Gasteiger partial charge in [0.25, 0.3) is 0 Å². The van der Waals surface area contributed by atoms with Crippen LogP contribution < -0.4 is 0 Å². The summed E-state index contributed by atoms with van der Waals surface area (Å²) in [7, 11) is 0. The van der Waals surface area contributed by atoms with Gasteiger partial charge in [0.15, 0.2) is 0 Å². The fourth-order valence-corrected chi connectivity index (χ4v) is 9.75. The van der Waals surface area contributed by atoms with Crippen LogP contribution in [0.5, 0.6) is 0 Å². The molecule has 2 heteroatoms. The van der Waals surface area contributed by atoms with Crippen LogP contribution in [0.2, 0.25) is 0 Å². The minimum absolute atomic E-state index is 0.0563. The van der Waals surface area contributed by atoms with Crippen molar-refractivity contribution >= 4 is 5.97 Å². The molecule has 0 spiro atoms. The fourth-order valence-electron chi connectivity index (χ4n) is 9.75. The van der Waals surface area contributed by atoms with Gasteiger partial charge in [-0.2, -0.15) is 0 Å². The van der Waals surface area contributed by atoms with Crippen LogP contribution in [0.4, 0.5) is 0 Å². The van der Waals surface area contributed by atoms with Gasteiger partial charge >= 0.3 is 5.97 Å². The maximum atomic E-state index is 13.2. The molecule has 39 heavy (non-hydrogen) atoms. The molecule has 0 unspecified atom stereocenters. The average molecular weight is 545 g/mol. The summed E-state index contributed by atoms with van der Waals surface area (Å²) in [5.74, 6) is 0.484. The predicted octanol–water partition coefficient (Wildman–Crippen LogP) is 12.4. The number of carbonyl (C=O) groups is 1. The molecule has 3 aliphatic rings. The first-order valence-corrected chi connectivity index (χ1v) is 18.3. The molecule has 0 radical (unpaired) electrons. The molecule has 1 N–H and O–H groups in total. The summed E-state index contributed by atoms with van der Waals surface area (Å²) >= 11 is 0. The Balaban J connectivity index is 1.69. The summed E-state index contributed by atoms with van der Waals surface area (Å²) in [6.45, 7) is 4.61. The van der Waals surface area contributed by atoms with Gasteiger partial charge in [0.2, 0.25) is 0 Å². The monoisotopic (exact) mass is 545 g/mol. The quantitative estimate of drug-likeness (QED) is 0.164. The number of hydrogen-bond acceptors (Lipinski definition) is 1. The van der Waals surface area contributed by atoms with Crippen molar-refractivity contribution < 1.29 is 9.90 Å². The average Bonchev–Trinajstić information content (AvgIpc) is 2.98. The number of unbranched alkanes of at least 4 members (excludes halogenated alkanes) is 12. The van der Waals surface area contributed by atoms with E-state index in [0.29, 0.717) is 5.41 Å². The van der Waals surface area contributed by atoms with Gasteiger partial charge in [-0.05, 0) is 81.0 Å². The summed E-state index contributed by atoms with van der Waals surface area (Å²) in [6, 6.07) is 0. The molecule has 0 atom stereocenters. The van der Waals surface area contributed by atoms with Crippen molar-refractivity contribution in [3.8, 4) is 0 Å². The maximum absolute atomic E-state index is 13.2. The Morgan fingerprint density at radius 2 is 1.03 bits per heavy atom. The molecule has 3 fully saturated rings. The van der Waals surface area contributed by atoms with Crippen molar-refractivity contribution in [2.75, 3.05) is 0 Å². The first-order valence-electron chi connectivity index (χ1n) is 18.3. The van der Waals surface area contributed by atoms with E-state index in [1.165, 1.54) is 167 Å². The first-order chi connectivity index (χ1) is 19.0. The van der Waals surface area contributed by atoms with Crippen molar-refractivity contribution in [1.82, 2.24) is 0 Å². The van der Waals surface area contributed by atoms with Crippen LogP contribution in [0.15, 0.2) is 0 Å². The summed E-state index contributed by atoms with van der Waals surface area (Å²) in [4.78, 5) is 13.2.